The van der Waals surface area contributed by atoms with E-state index >= 15 is 0 Å². The number of benzene rings is 1. The maximum atomic E-state index is 5.62. The fourth-order valence-electron chi connectivity index (χ4n) is 4.53. The molecule has 0 bridgehead atoms. The lowest BCUT2D eigenvalue weighted by Gasteiger charge is -2.45. The first-order chi connectivity index (χ1) is 11.8. The lowest BCUT2D eigenvalue weighted by molar-refractivity contribution is 0.0273. The van der Waals surface area contributed by atoms with Crippen molar-refractivity contribution < 1.29 is 4.74 Å². The summed E-state index contributed by atoms with van der Waals surface area (Å²) in [5, 5.41) is 0. The summed E-state index contributed by atoms with van der Waals surface area (Å²) >= 11 is 0. The van der Waals surface area contributed by atoms with Crippen molar-refractivity contribution in [2.75, 3.05) is 26.3 Å². The van der Waals surface area contributed by atoms with E-state index in [1.54, 1.807) is 0 Å². The Hall–Kier alpha value is -0.643. The molecule has 24 heavy (non-hydrogen) atoms. The van der Waals surface area contributed by atoms with Gasteiger partial charge in [0.2, 0.25) is 0 Å². The zero-order valence-electron chi connectivity index (χ0n) is 16.1. The SMILES string of the molecule is CC[Si](CC)(CC)[C@H](CCCCc1ccccc1)N1CCOCC1. The van der Waals surface area contributed by atoms with Crippen molar-refractivity contribution >= 4 is 8.07 Å². The summed E-state index contributed by atoms with van der Waals surface area (Å²) in [6.45, 7) is 11.5. The first kappa shape index (κ1) is 19.7. The summed E-state index contributed by atoms with van der Waals surface area (Å²) in [4.78, 5) is 2.80. The van der Waals surface area contributed by atoms with Gasteiger partial charge in [0.15, 0.2) is 0 Å². The molecule has 1 aromatic carbocycles. The number of morpholine rings is 1. The Morgan fingerprint density at radius 2 is 1.58 bits per heavy atom. The van der Waals surface area contributed by atoms with E-state index in [0.29, 0.717) is 0 Å². The van der Waals surface area contributed by atoms with Crippen LogP contribution in [0.5, 0.6) is 0 Å². The minimum Gasteiger partial charge on any atom is -0.379 e. The van der Waals surface area contributed by atoms with E-state index in [1.165, 1.54) is 49.4 Å². The van der Waals surface area contributed by atoms with Gasteiger partial charge in [-0.25, -0.2) is 0 Å². The molecule has 0 N–H and O–H groups in total. The zero-order chi connectivity index (χ0) is 17.3. The molecule has 136 valence electrons. The van der Waals surface area contributed by atoms with Crippen LogP contribution in [0.2, 0.25) is 18.1 Å². The van der Waals surface area contributed by atoms with Crippen molar-refractivity contribution in [2.24, 2.45) is 0 Å². The Morgan fingerprint density at radius 1 is 0.958 bits per heavy atom. The van der Waals surface area contributed by atoms with Gasteiger partial charge in [-0.15, -0.1) is 0 Å². The molecular weight excluding hydrogens is 310 g/mol. The highest BCUT2D eigenvalue weighted by Crippen LogP contribution is 2.31. The van der Waals surface area contributed by atoms with Gasteiger partial charge in [-0.2, -0.15) is 0 Å². The lowest BCUT2D eigenvalue weighted by atomic mass is 10.1. The van der Waals surface area contributed by atoms with Crippen LogP contribution in [0.3, 0.4) is 0 Å². The Morgan fingerprint density at radius 3 is 2.17 bits per heavy atom. The van der Waals surface area contributed by atoms with Crippen molar-refractivity contribution in [1.29, 1.82) is 0 Å². The molecule has 0 aliphatic carbocycles. The maximum absolute atomic E-state index is 5.62. The summed E-state index contributed by atoms with van der Waals surface area (Å²) < 4.78 is 5.62. The van der Waals surface area contributed by atoms with Gasteiger partial charge in [0.05, 0.1) is 21.3 Å². The molecule has 3 heteroatoms. The summed E-state index contributed by atoms with van der Waals surface area (Å²) in [6, 6.07) is 15.3. The van der Waals surface area contributed by atoms with Gasteiger partial charge in [-0.3, -0.25) is 4.90 Å². The maximum Gasteiger partial charge on any atom is 0.0721 e. The molecule has 1 fully saturated rings. The normalized spacial score (nSPS) is 17.8. The Labute approximate surface area is 150 Å². The third-order valence-corrected chi connectivity index (χ3v) is 12.6. The molecule has 0 radical (unpaired) electrons. The molecule has 0 unspecified atom stereocenters. The van der Waals surface area contributed by atoms with Crippen LogP contribution in [0.1, 0.15) is 45.6 Å². The van der Waals surface area contributed by atoms with Crippen LogP contribution in [0, 0.1) is 0 Å². The largest absolute Gasteiger partial charge is 0.379 e. The minimum absolute atomic E-state index is 0.858. The minimum atomic E-state index is -1.19. The van der Waals surface area contributed by atoms with E-state index in [9.17, 15) is 0 Å². The van der Waals surface area contributed by atoms with Gasteiger partial charge >= 0.3 is 0 Å². The van der Waals surface area contributed by atoms with E-state index < -0.39 is 8.07 Å². The molecule has 0 spiro atoms. The zero-order valence-corrected chi connectivity index (χ0v) is 17.1. The number of unbranched alkanes of at least 4 members (excludes halogenated alkanes) is 1. The molecule has 1 atom stereocenters. The molecule has 2 rings (SSSR count). The number of hydrogen-bond donors (Lipinski definition) is 0. The number of rotatable bonds is 10. The average molecular weight is 348 g/mol. The molecule has 2 nitrogen and oxygen atoms in total. The Balaban J connectivity index is 1.94. The molecule has 0 saturated carbocycles. The monoisotopic (exact) mass is 347 g/mol. The summed E-state index contributed by atoms with van der Waals surface area (Å²) in [6.07, 6.45) is 5.32. The molecule has 1 aliphatic rings. The lowest BCUT2D eigenvalue weighted by Crippen LogP contribution is -2.58. The predicted molar refractivity (Wildman–Crippen MR) is 107 cm³/mol. The van der Waals surface area contributed by atoms with Gasteiger partial charge in [0.1, 0.15) is 0 Å². The van der Waals surface area contributed by atoms with Crippen molar-refractivity contribution in [3.63, 3.8) is 0 Å². The molecule has 1 heterocycles. The van der Waals surface area contributed by atoms with Gasteiger partial charge in [-0.05, 0) is 24.8 Å². The summed E-state index contributed by atoms with van der Waals surface area (Å²) in [7, 11) is -1.19. The van der Waals surface area contributed by atoms with E-state index in [4.69, 9.17) is 4.74 Å². The quantitative estimate of drug-likeness (QED) is 0.429. The van der Waals surface area contributed by atoms with E-state index in [0.717, 1.165) is 32.0 Å². The number of hydrogen-bond acceptors (Lipinski definition) is 2. The topological polar surface area (TPSA) is 12.5 Å². The Bertz CT molecular complexity index is 432. The van der Waals surface area contributed by atoms with Crippen LogP contribution in [-0.4, -0.2) is 44.9 Å². The van der Waals surface area contributed by atoms with Crippen molar-refractivity contribution in [1.82, 2.24) is 4.90 Å². The molecule has 1 aliphatic heterocycles. The van der Waals surface area contributed by atoms with Crippen LogP contribution in [0.25, 0.3) is 0 Å². The van der Waals surface area contributed by atoms with Crippen LogP contribution in [0.15, 0.2) is 30.3 Å². The second kappa shape index (κ2) is 10.4. The van der Waals surface area contributed by atoms with E-state index in [1.807, 2.05) is 0 Å². The summed E-state index contributed by atoms with van der Waals surface area (Å²) in [5.41, 5.74) is 2.35. The highest BCUT2D eigenvalue weighted by molar-refractivity contribution is 6.81. The van der Waals surface area contributed by atoms with Gasteiger partial charge in [-0.1, -0.05) is 75.7 Å². The van der Waals surface area contributed by atoms with Crippen molar-refractivity contribution in [3.05, 3.63) is 35.9 Å². The van der Waals surface area contributed by atoms with E-state index in [2.05, 4.69) is 56.0 Å². The smallest absolute Gasteiger partial charge is 0.0721 e. The first-order valence-corrected chi connectivity index (χ1v) is 12.8. The molecule has 0 aromatic heterocycles. The van der Waals surface area contributed by atoms with Crippen LogP contribution in [0.4, 0.5) is 0 Å². The van der Waals surface area contributed by atoms with Gasteiger partial charge in [0, 0.05) is 18.8 Å². The number of aryl methyl sites for hydroxylation is 1. The standard InChI is InChI=1S/C21H37NOSi/c1-4-24(5-2,6-3)21(22-16-18-23-19-17-22)15-11-10-14-20-12-8-7-9-13-20/h7-9,12-13,21H,4-6,10-11,14-19H2,1-3H3/t21-/m1/s1. The second-order valence-corrected chi connectivity index (χ2v) is 12.8. The Kier molecular flexibility index (Phi) is 8.50. The predicted octanol–water partition coefficient (Wildman–Crippen LogP) is 5.15. The van der Waals surface area contributed by atoms with E-state index in [-0.39, 0.29) is 0 Å². The average Bonchev–Trinajstić information content (AvgIpc) is 2.66. The number of nitrogens with zero attached hydrogens (tertiary/aromatic N) is 1. The highest BCUT2D eigenvalue weighted by Gasteiger charge is 2.39. The van der Waals surface area contributed by atoms with Crippen LogP contribution >= 0.6 is 0 Å². The first-order valence-electron chi connectivity index (χ1n) is 10.1. The molecule has 0 amide bonds. The van der Waals surface area contributed by atoms with Crippen molar-refractivity contribution in [2.45, 2.75) is 70.3 Å². The molecular formula is C21H37NOSi. The third kappa shape index (κ3) is 5.17. The third-order valence-electron chi connectivity index (χ3n) is 6.34. The van der Waals surface area contributed by atoms with Crippen LogP contribution in [-0.2, 0) is 11.2 Å². The van der Waals surface area contributed by atoms with Crippen molar-refractivity contribution in [3.8, 4) is 0 Å². The van der Waals surface area contributed by atoms with Gasteiger partial charge < -0.3 is 4.74 Å². The highest BCUT2D eigenvalue weighted by atomic mass is 28.3. The number of ether oxygens (including phenoxy) is 1. The second-order valence-electron chi connectivity index (χ2n) is 7.32. The fraction of sp³-hybridized carbons (Fsp3) is 0.714. The van der Waals surface area contributed by atoms with Crippen LogP contribution < -0.4 is 0 Å². The fourth-order valence-corrected chi connectivity index (χ4v) is 9.30. The molecule has 1 saturated heterocycles. The molecule has 1 aromatic rings. The summed E-state index contributed by atoms with van der Waals surface area (Å²) in [5.74, 6) is 0. The van der Waals surface area contributed by atoms with Gasteiger partial charge in [0.25, 0.3) is 0 Å².